The van der Waals surface area contributed by atoms with E-state index in [0.717, 1.165) is 53.0 Å². The van der Waals surface area contributed by atoms with E-state index in [1.165, 1.54) is 6.33 Å². The lowest BCUT2D eigenvalue weighted by Gasteiger charge is -2.24. The Morgan fingerprint density at radius 1 is 1.21 bits per heavy atom. The van der Waals surface area contributed by atoms with Crippen LogP contribution in [0.15, 0.2) is 55.1 Å². The van der Waals surface area contributed by atoms with Gasteiger partial charge in [-0.1, -0.05) is 18.2 Å². The highest BCUT2D eigenvalue weighted by Crippen LogP contribution is 2.28. The molecule has 1 aliphatic heterocycles. The Bertz CT molecular complexity index is 1310. The van der Waals surface area contributed by atoms with Gasteiger partial charge in [0.25, 0.3) is 0 Å². The molecule has 2 aromatic carbocycles. The molecule has 5 rings (SSSR count). The van der Waals surface area contributed by atoms with Crippen LogP contribution in [0, 0.1) is 6.92 Å². The van der Waals surface area contributed by atoms with E-state index in [1.807, 2.05) is 61.2 Å². The lowest BCUT2D eigenvalue weighted by Crippen LogP contribution is -2.44. The molecule has 0 saturated carbocycles. The summed E-state index contributed by atoms with van der Waals surface area (Å²) in [4.78, 5) is 28.8. The van der Waals surface area contributed by atoms with Crippen molar-refractivity contribution in [2.24, 2.45) is 0 Å². The van der Waals surface area contributed by atoms with Crippen molar-refractivity contribution in [3.8, 4) is 11.4 Å². The van der Waals surface area contributed by atoms with Crippen molar-refractivity contribution in [3.63, 3.8) is 0 Å². The van der Waals surface area contributed by atoms with Crippen LogP contribution >= 0.6 is 0 Å². The zero-order valence-corrected chi connectivity index (χ0v) is 19.3. The predicted molar refractivity (Wildman–Crippen MR) is 129 cm³/mol. The van der Waals surface area contributed by atoms with E-state index < -0.39 is 0 Å². The first-order valence-electron chi connectivity index (χ1n) is 11.5. The number of carbonyl (C=O) groups excluding carboxylic acids is 1. The van der Waals surface area contributed by atoms with Crippen molar-refractivity contribution in [3.05, 3.63) is 66.4 Å². The first-order valence-corrected chi connectivity index (χ1v) is 11.5. The van der Waals surface area contributed by atoms with Crippen molar-refractivity contribution >= 4 is 22.8 Å². The molecule has 1 aliphatic rings. The molecule has 0 radical (unpaired) electrons. The molecule has 1 atom stereocenters. The van der Waals surface area contributed by atoms with E-state index >= 15 is 0 Å². The zero-order chi connectivity index (χ0) is 23.5. The molecule has 9 nitrogen and oxygen atoms in total. The van der Waals surface area contributed by atoms with Crippen molar-refractivity contribution in [2.45, 2.75) is 39.3 Å². The number of para-hydroxylation sites is 1. The van der Waals surface area contributed by atoms with Gasteiger partial charge in [0.1, 0.15) is 24.4 Å². The Kier molecular flexibility index (Phi) is 6.07. The average molecular weight is 458 g/mol. The van der Waals surface area contributed by atoms with Gasteiger partial charge in [-0.05, 0) is 56.5 Å². The van der Waals surface area contributed by atoms with Crippen molar-refractivity contribution in [1.82, 2.24) is 30.0 Å². The van der Waals surface area contributed by atoms with Gasteiger partial charge in [-0.3, -0.25) is 4.79 Å². The van der Waals surface area contributed by atoms with Gasteiger partial charge in [-0.15, -0.1) is 0 Å². The summed E-state index contributed by atoms with van der Waals surface area (Å²) in [6, 6.07) is 13.4. The van der Waals surface area contributed by atoms with Gasteiger partial charge in [0.05, 0.1) is 23.5 Å². The Labute approximate surface area is 197 Å². The Hall–Kier alpha value is -4.01. The van der Waals surface area contributed by atoms with Gasteiger partial charge in [-0.25, -0.2) is 19.6 Å². The van der Waals surface area contributed by atoms with Crippen LogP contribution in [0.2, 0.25) is 0 Å². The second-order valence-corrected chi connectivity index (χ2v) is 8.26. The molecule has 1 fully saturated rings. The van der Waals surface area contributed by atoms with Gasteiger partial charge in [0, 0.05) is 18.5 Å². The summed E-state index contributed by atoms with van der Waals surface area (Å²) in [5.41, 5.74) is 3.57. The molecule has 0 spiro atoms. The zero-order valence-electron chi connectivity index (χ0n) is 19.3. The predicted octanol–water partition coefficient (Wildman–Crippen LogP) is 3.20. The Morgan fingerprint density at radius 2 is 2.09 bits per heavy atom. The van der Waals surface area contributed by atoms with E-state index in [2.05, 4.69) is 15.4 Å². The standard InChI is InChI=1S/C25H27N7O2/c1-3-34-19-10-11-21-20(13-19)17(2)29-25(30-21)31-12-6-9-23(31)24(33)27-14-18-7-4-5-8-22(18)32-16-26-15-28-32/h4-5,7-8,10-11,13,15-16,23H,3,6,9,12,14H2,1-2H3,(H,27,33). The number of hydrogen-bond acceptors (Lipinski definition) is 7. The maximum Gasteiger partial charge on any atom is 0.243 e. The number of anilines is 1. The number of hydrogen-bond donors (Lipinski definition) is 1. The molecule has 4 aromatic rings. The van der Waals surface area contributed by atoms with Crippen LogP contribution in [0.5, 0.6) is 5.75 Å². The minimum absolute atomic E-state index is 0.0288. The highest BCUT2D eigenvalue weighted by Gasteiger charge is 2.32. The summed E-state index contributed by atoms with van der Waals surface area (Å²) in [5.74, 6) is 1.37. The van der Waals surface area contributed by atoms with E-state index in [0.29, 0.717) is 19.1 Å². The van der Waals surface area contributed by atoms with E-state index in [1.54, 1.807) is 11.0 Å². The van der Waals surface area contributed by atoms with Gasteiger partial charge >= 0.3 is 0 Å². The summed E-state index contributed by atoms with van der Waals surface area (Å²) in [6.07, 6.45) is 4.82. The van der Waals surface area contributed by atoms with Crippen molar-refractivity contribution < 1.29 is 9.53 Å². The number of fused-ring (bicyclic) bond motifs is 1. The summed E-state index contributed by atoms with van der Waals surface area (Å²) < 4.78 is 7.32. The molecule has 1 unspecified atom stereocenters. The van der Waals surface area contributed by atoms with Crippen LogP contribution in [0.3, 0.4) is 0 Å². The number of nitrogens with zero attached hydrogens (tertiary/aromatic N) is 6. The lowest BCUT2D eigenvalue weighted by atomic mass is 10.1. The van der Waals surface area contributed by atoms with Crippen molar-refractivity contribution in [1.29, 1.82) is 0 Å². The van der Waals surface area contributed by atoms with E-state index in [4.69, 9.17) is 14.7 Å². The van der Waals surface area contributed by atoms with Gasteiger partial charge in [0.2, 0.25) is 11.9 Å². The normalized spacial score (nSPS) is 15.6. The molecule has 0 bridgehead atoms. The summed E-state index contributed by atoms with van der Waals surface area (Å²) >= 11 is 0. The van der Waals surface area contributed by atoms with Crippen LogP contribution in [-0.4, -0.2) is 49.8 Å². The number of carbonyl (C=O) groups is 1. The smallest absolute Gasteiger partial charge is 0.243 e. The second-order valence-electron chi connectivity index (χ2n) is 8.26. The Balaban J connectivity index is 1.34. The summed E-state index contributed by atoms with van der Waals surface area (Å²) in [5, 5.41) is 8.27. The third kappa shape index (κ3) is 4.28. The number of amides is 1. The number of nitrogens with one attached hydrogen (secondary N) is 1. The fourth-order valence-corrected chi connectivity index (χ4v) is 4.43. The maximum absolute atomic E-state index is 13.2. The molecule has 3 heterocycles. The molecule has 1 N–H and O–H groups in total. The fraction of sp³-hybridized carbons (Fsp3) is 0.320. The largest absolute Gasteiger partial charge is 0.494 e. The third-order valence-electron chi connectivity index (χ3n) is 6.08. The molecular weight excluding hydrogens is 430 g/mol. The molecule has 9 heteroatoms. The molecule has 1 saturated heterocycles. The first kappa shape index (κ1) is 21.8. The number of aromatic nitrogens is 5. The van der Waals surface area contributed by atoms with Gasteiger partial charge in [-0.2, -0.15) is 5.10 Å². The molecule has 1 amide bonds. The number of benzene rings is 2. The van der Waals surface area contributed by atoms with Crippen molar-refractivity contribution in [2.75, 3.05) is 18.1 Å². The van der Waals surface area contributed by atoms with Crippen LogP contribution in [0.4, 0.5) is 5.95 Å². The quantitative estimate of drug-likeness (QED) is 0.455. The number of rotatable bonds is 7. The fourth-order valence-electron chi connectivity index (χ4n) is 4.43. The SMILES string of the molecule is CCOc1ccc2nc(N3CCCC3C(=O)NCc3ccccc3-n3cncn3)nc(C)c2c1. The van der Waals surface area contributed by atoms with Crippen LogP contribution in [0.25, 0.3) is 16.6 Å². The van der Waals surface area contributed by atoms with Crippen LogP contribution in [-0.2, 0) is 11.3 Å². The Morgan fingerprint density at radius 3 is 2.91 bits per heavy atom. The molecule has 0 aliphatic carbocycles. The first-order chi connectivity index (χ1) is 16.6. The van der Waals surface area contributed by atoms with Crippen LogP contribution < -0.4 is 15.0 Å². The lowest BCUT2D eigenvalue weighted by molar-refractivity contribution is -0.122. The van der Waals surface area contributed by atoms with E-state index in [9.17, 15) is 4.79 Å². The van der Waals surface area contributed by atoms with E-state index in [-0.39, 0.29) is 11.9 Å². The minimum Gasteiger partial charge on any atom is -0.494 e. The summed E-state index contributed by atoms with van der Waals surface area (Å²) in [7, 11) is 0. The third-order valence-corrected chi connectivity index (χ3v) is 6.08. The number of ether oxygens (including phenoxy) is 1. The second kappa shape index (κ2) is 9.46. The highest BCUT2D eigenvalue weighted by atomic mass is 16.5. The maximum atomic E-state index is 13.2. The van der Waals surface area contributed by atoms with Gasteiger partial charge < -0.3 is 15.0 Å². The topological polar surface area (TPSA) is 98.1 Å². The monoisotopic (exact) mass is 457 g/mol. The minimum atomic E-state index is -0.307. The highest BCUT2D eigenvalue weighted by molar-refractivity contribution is 5.87. The average Bonchev–Trinajstić information content (AvgIpc) is 3.56. The van der Waals surface area contributed by atoms with Gasteiger partial charge in [0.15, 0.2) is 0 Å². The molecular formula is C25H27N7O2. The molecule has 2 aromatic heterocycles. The molecule has 34 heavy (non-hydrogen) atoms. The molecule has 174 valence electrons. The number of aryl methyl sites for hydroxylation is 1. The van der Waals surface area contributed by atoms with Crippen LogP contribution in [0.1, 0.15) is 31.0 Å². The summed E-state index contributed by atoms with van der Waals surface area (Å²) in [6.45, 7) is 5.68.